The Kier molecular flexibility index (Phi) is 4.03. The number of aryl methyl sites for hydroxylation is 2. The molecule has 0 radical (unpaired) electrons. The van der Waals surface area contributed by atoms with Gasteiger partial charge in [-0.25, -0.2) is 8.42 Å². The zero-order valence-electron chi connectivity index (χ0n) is 11.8. The lowest BCUT2D eigenvalue weighted by molar-refractivity contribution is 0.0757. The molecule has 2 heterocycles. The summed E-state index contributed by atoms with van der Waals surface area (Å²) in [5.74, 6) is -0.0852. The van der Waals surface area contributed by atoms with Crippen LogP contribution in [0.15, 0.2) is 0 Å². The first kappa shape index (κ1) is 14.8. The summed E-state index contributed by atoms with van der Waals surface area (Å²) in [6.07, 6.45) is 0.465. The predicted octanol–water partition coefficient (Wildman–Crippen LogP) is 0.0543. The van der Waals surface area contributed by atoms with Crippen LogP contribution in [0.4, 0.5) is 5.69 Å². The molecule has 2 N–H and O–H groups in total. The number of sulfone groups is 1. The van der Waals surface area contributed by atoms with Crippen LogP contribution in [0.3, 0.4) is 0 Å². The van der Waals surface area contributed by atoms with E-state index in [1.807, 2.05) is 6.92 Å². The average molecular weight is 300 g/mol. The topological polar surface area (TPSA) is 98.3 Å². The molecule has 1 saturated heterocycles. The van der Waals surface area contributed by atoms with Crippen LogP contribution in [-0.4, -0.2) is 53.6 Å². The smallest absolute Gasteiger partial charge is 0.274 e. The summed E-state index contributed by atoms with van der Waals surface area (Å²) >= 11 is 0. The Labute approximate surface area is 118 Å². The van der Waals surface area contributed by atoms with Crippen molar-refractivity contribution in [1.82, 2.24) is 14.7 Å². The summed E-state index contributed by atoms with van der Waals surface area (Å²) in [5, 5.41) is 4.22. The number of hydrogen-bond acceptors (Lipinski definition) is 5. The van der Waals surface area contributed by atoms with Gasteiger partial charge in [0.25, 0.3) is 5.91 Å². The molecular formula is C12H20N4O3S. The van der Waals surface area contributed by atoms with E-state index in [0.717, 1.165) is 0 Å². The molecule has 0 unspecified atom stereocenters. The van der Waals surface area contributed by atoms with Gasteiger partial charge in [0.1, 0.15) is 5.69 Å². The van der Waals surface area contributed by atoms with E-state index in [0.29, 0.717) is 36.6 Å². The second-order valence-corrected chi connectivity index (χ2v) is 7.26. The SMILES string of the molecule is CCn1nc(C)c(N)c1C(=O)N1CCCS(=O)(=O)CC1. The summed E-state index contributed by atoms with van der Waals surface area (Å²) in [5.41, 5.74) is 7.30. The third kappa shape index (κ3) is 2.79. The standard InChI is InChI=1S/C12H20N4O3S/c1-3-16-11(10(13)9(2)14-16)12(17)15-5-4-7-20(18,19)8-6-15/h3-8,13H2,1-2H3. The first-order chi connectivity index (χ1) is 9.35. The van der Waals surface area contributed by atoms with Gasteiger partial charge in [-0.2, -0.15) is 5.10 Å². The number of aromatic nitrogens is 2. The molecule has 0 aromatic carbocycles. The molecule has 8 heteroatoms. The summed E-state index contributed by atoms with van der Waals surface area (Å²) in [6, 6.07) is 0. The zero-order valence-corrected chi connectivity index (χ0v) is 12.6. The summed E-state index contributed by atoms with van der Waals surface area (Å²) in [6.45, 7) is 4.84. The third-order valence-corrected chi connectivity index (χ3v) is 5.23. The Morgan fingerprint density at radius 2 is 2.05 bits per heavy atom. The summed E-state index contributed by atoms with van der Waals surface area (Å²) in [4.78, 5) is 14.1. The van der Waals surface area contributed by atoms with Crippen LogP contribution >= 0.6 is 0 Å². The minimum absolute atomic E-state index is 0.0118. The lowest BCUT2D eigenvalue weighted by atomic mass is 10.2. The van der Waals surface area contributed by atoms with Gasteiger partial charge < -0.3 is 10.6 Å². The van der Waals surface area contributed by atoms with E-state index in [4.69, 9.17) is 5.73 Å². The molecule has 1 aliphatic heterocycles. The van der Waals surface area contributed by atoms with E-state index < -0.39 is 9.84 Å². The summed E-state index contributed by atoms with van der Waals surface area (Å²) < 4.78 is 24.8. The first-order valence-electron chi connectivity index (χ1n) is 6.68. The molecule has 1 aromatic heterocycles. The van der Waals surface area contributed by atoms with Crippen LogP contribution in [0.25, 0.3) is 0 Å². The highest BCUT2D eigenvalue weighted by atomic mass is 32.2. The Bertz CT molecular complexity index is 621. The number of rotatable bonds is 2. The summed E-state index contributed by atoms with van der Waals surface area (Å²) in [7, 11) is -3.04. The molecule has 0 spiro atoms. The molecule has 20 heavy (non-hydrogen) atoms. The van der Waals surface area contributed by atoms with Gasteiger partial charge in [0.15, 0.2) is 9.84 Å². The second kappa shape index (κ2) is 5.43. The van der Waals surface area contributed by atoms with Crippen LogP contribution in [0.2, 0.25) is 0 Å². The fourth-order valence-corrected chi connectivity index (χ4v) is 3.61. The molecule has 1 aromatic rings. The first-order valence-corrected chi connectivity index (χ1v) is 8.50. The third-order valence-electron chi connectivity index (χ3n) is 3.52. The van der Waals surface area contributed by atoms with E-state index in [9.17, 15) is 13.2 Å². The number of carbonyl (C=O) groups is 1. The van der Waals surface area contributed by atoms with E-state index in [1.165, 1.54) is 0 Å². The van der Waals surface area contributed by atoms with E-state index in [2.05, 4.69) is 5.10 Å². The number of amides is 1. The number of nitrogens with zero attached hydrogens (tertiary/aromatic N) is 3. The van der Waals surface area contributed by atoms with Crippen LogP contribution in [0.1, 0.15) is 29.5 Å². The fraction of sp³-hybridized carbons (Fsp3) is 0.667. The molecule has 0 saturated carbocycles. The average Bonchev–Trinajstić information content (AvgIpc) is 2.56. The van der Waals surface area contributed by atoms with Crippen LogP contribution in [0, 0.1) is 6.92 Å². The van der Waals surface area contributed by atoms with Crippen molar-refractivity contribution in [3.8, 4) is 0 Å². The normalized spacial score (nSPS) is 18.8. The molecular weight excluding hydrogens is 280 g/mol. The van der Waals surface area contributed by atoms with Gasteiger partial charge in [0.05, 0.1) is 22.9 Å². The van der Waals surface area contributed by atoms with E-state index >= 15 is 0 Å². The van der Waals surface area contributed by atoms with Crippen molar-refractivity contribution in [2.75, 3.05) is 30.3 Å². The van der Waals surface area contributed by atoms with Crippen molar-refractivity contribution in [1.29, 1.82) is 0 Å². The van der Waals surface area contributed by atoms with Crippen molar-refractivity contribution in [2.45, 2.75) is 26.8 Å². The molecule has 7 nitrogen and oxygen atoms in total. The molecule has 112 valence electrons. The number of carbonyl (C=O) groups excluding carboxylic acids is 1. The molecule has 0 atom stereocenters. The van der Waals surface area contributed by atoms with Gasteiger partial charge in [-0.15, -0.1) is 0 Å². The van der Waals surface area contributed by atoms with Gasteiger partial charge in [0, 0.05) is 19.6 Å². The maximum absolute atomic E-state index is 12.6. The van der Waals surface area contributed by atoms with Gasteiger partial charge in [-0.05, 0) is 20.3 Å². The maximum atomic E-state index is 12.6. The maximum Gasteiger partial charge on any atom is 0.274 e. The van der Waals surface area contributed by atoms with Crippen molar-refractivity contribution in [2.24, 2.45) is 0 Å². The van der Waals surface area contributed by atoms with Crippen molar-refractivity contribution >= 4 is 21.4 Å². The van der Waals surface area contributed by atoms with Crippen molar-refractivity contribution in [3.05, 3.63) is 11.4 Å². The molecule has 0 aliphatic carbocycles. The minimum atomic E-state index is -3.04. The predicted molar refractivity (Wildman–Crippen MR) is 76.2 cm³/mol. The molecule has 2 rings (SSSR count). The second-order valence-electron chi connectivity index (χ2n) is 4.96. The van der Waals surface area contributed by atoms with Crippen molar-refractivity contribution < 1.29 is 13.2 Å². The van der Waals surface area contributed by atoms with Gasteiger partial charge >= 0.3 is 0 Å². The number of nitrogens with two attached hydrogens (primary N) is 1. The molecule has 1 amide bonds. The largest absolute Gasteiger partial charge is 0.395 e. The highest BCUT2D eigenvalue weighted by Crippen LogP contribution is 2.19. The van der Waals surface area contributed by atoms with Gasteiger partial charge in [-0.3, -0.25) is 9.48 Å². The Balaban J connectivity index is 2.28. The lowest BCUT2D eigenvalue weighted by Gasteiger charge is -2.20. The van der Waals surface area contributed by atoms with E-state index in [-0.39, 0.29) is 24.0 Å². The van der Waals surface area contributed by atoms with E-state index in [1.54, 1.807) is 16.5 Å². The number of nitrogen functional groups attached to an aromatic ring is 1. The Morgan fingerprint density at radius 1 is 1.35 bits per heavy atom. The number of hydrogen-bond donors (Lipinski definition) is 1. The van der Waals surface area contributed by atoms with Gasteiger partial charge in [-0.1, -0.05) is 0 Å². The van der Waals surface area contributed by atoms with Crippen LogP contribution < -0.4 is 5.73 Å². The lowest BCUT2D eigenvalue weighted by Crippen LogP contribution is -2.35. The quantitative estimate of drug-likeness (QED) is 0.832. The molecule has 1 fully saturated rings. The van der Waals surface area contributed by atoms with Crippen LogP contribution in [-0.2, 0) is 16.4 Å². The monoisotopic (exact) mass is 300 g/mol. The minimum Gasteiger partial charge on any atom is -0.395 e. The highest BCUT2D eigenvalue weighted by Gasteiger charge is 2.27. The Morgan fingerprint density at radius 3 is 2.70 bits per heavy atom. The number of anilines is 1. The van der Waals surface area contributed by atoms with Crippen LogP contribution in [0.5, 0.6) is 0 Å². The molecule has 0 bridgehead atoms. The van der Waals surface area contributed by atoms with Gasteiger partial charge in [0.2, 0.25) is 0 Å². The molecule has 1 aliphatic rings. The fourth-order valence-electron chi connectivity index (χ4n) is 2.34. The zero-order chi connectivity index (χ0) is 14.9. The van der Waals surface area contributed by atoms with Crippen molar-refractivity contribution in [3.63, 3.8) is 0 Å². The Hall–Kier alpha value is -1.57. The highest BCUT2D eigenvalue weighted by molar-refractivity contribution is 7.91.